The highest BCUT2D eigenvalue weighted by atomic mass is 35.5. The van der Waals surface area contributed by atoms with Crippen LogP contribution in [0.25, 0.3) is 0 Å². The number of piperazine rings is 1. The second-order valence-electron chi connectivity index (χ2n) is 5.51. The Morgan fingerprint density at radius 1 is 1.18 bits per heavy atom. The molecule has 1 atom stereocenters. The number of rotatable bonds is 7. The monoisotopic (exact) mass is 330 g/mol. The first-order chi connectivity index (χ1) is 10.2. The van der Waals surface area contributed by atoms with Crippen molar-refractivity contribution in [2.75, 3.05) is 26.2 Å². The van der Waals surface area contributed by atoms with Crippen LogP contribution in [0.15, 0.2) is 30.9 Å². The summed E-state index contributed by atoms with van der Waals surface area (Å²) in [6, 6.07) is 3.98. The number of hydrogen-bond acceptors (Lipinski definition) is 2. The summed E-state index contributed by atoms with van der Waals surface area (Å²) >= 11 is 0. The summed E-state index contributed by atoms with van der Waals surface area (Å²) in [4.78, 5) is 2.20. The van der Waals surface area contributed by atoms with E-state index in [2.05, 4.69) is 16.8 Å². The van der Waals surface area contributed by atoms with Crippen molar-refractivity contribution in [3.05, 3.63) is 48.1 Å². The molecule has 22 heavy (non-hydrogen) atoms. The fraction of sp³-hybridized carbons (Fsp3) is 0.529. The third kappa shape index (κ3) is 5.04. The van der Waals surface area contributed by atoms with E-state index in [1.54, 1.807) is 0 Å². The fourth-order valence-electron chi connectivity index (χ4n) is 2.96. The van der Waals surface area contributed by atoms with Crippen molar-refractivity contribution in [2.24, 2.45) is 0 Å². The van der Waals surface area contributed by atoms with Gasteiger partial charge in [-0.3, -0.25) is 4.90 Å². The van der Waals surface area contributed by atoms with Gasteiger partial charge in [0, 0.05) is 37.8 Å². The summed E-state index contributed by atoms with van der Waals surface area (Å²) in [5.74, 6) is -0.857. The van der Waals surface area contributed by atoms with E-state index >= 15 is 0 Å². The molecular formula is C17H25ClF2N2. The highest BCUT2D eigenvalue weighted by Crippen LogP contribution is 2.31. The normalized spacial score (nSPS) is 16.8. The van der Waals surface area contributed by atoms with Crippen LogP contribution in [0.3, 0.4) is 0 Å². The lowest BCUT2D eigenvalue weighted by Gasteiger charge is -2.35. The van der Waals surface area contributed by atoms with Crippen LogP contribution in [-0.2, 0) is 0 Å². The Kier molecular flexibility index (Phi) is 8.61. The van der Waals surface area contributed by atoms with Crippen LogP contribution in [-0.4, -0.2) is 31.1 Å². The number of allylic oxidation sites excluding steroid dienone is 1. The average Bonchev–Trinajstić information content (AvgIpc) is 2.50. The molecule has 1 heterocycles. The number of benzene rings is 1. The third-order valence-corrected chi connectivity index (χ3v) is 4.06. The zero-order chi connectivity index (χ0) is 15.1. The van der Waals surface area contributed by atoms with E-state index in [9.17, 15) is 8.78 Å². The second kappa shape index (κ2) is 9.93. The number of hydrogen-bond donors (Lipinski definition) is 1. The Bertz CT molecular complexity index is 442. The predicted octanol–water partition coefficient (Wildman–Crippen LogP) is 4.08. The smallest absolute Gasteiger partial charge is 0.130 e. The van der Waals surface area contributed by atoms with Crippen LogP contribution in [0.4, 0.5) is 8.78 Å². The summed E-state index contributed by atoms with van der Waals surface area (Å²) in [6.45, 7) is 7.13. The van der Waals surface area contributed by atoms with Gasteiger partial charge in [0.1, 0.15) is 11.6 Å². The quantitative estimate of drug-likeness (QED) is 0.598. The Morgan fingerprint density at radius 2 is 1.82 bits per heavy atom. The van der Waals surface area contributed by atoms with Gasteiger partial charge in [-0.15, -0.1) is 19.0 Å². The molecule has 0 saturated carbocycles. The lowest BCUT2D eigenvalue weighted by Crippen LogP contribution is -2.45. The highest BCUT2D eigenvalue weighted by molar-refractivity contribution is 5.85. The molecule has 5 heteroatoms. The van der Waals surface area contributed by atoms with Gasteiger partial charge in [-0.2, -0.15) is 0 Å². The molecule has 2 nitrogen and oxygen atoms in total. The molecule has 0 aromatic heterocycles. The molecule has 1 aliphatic rings. The molecule has 0 spiro atoms. The van der Waals surface area contributed by atoms with E-state index in [-0.39, 0.29) is 24.0 Å². The maximum atomic E-state index is 14.1. The first kappa shape index (κ1) is 19.1. The Hall–Kier alpha value is -0.970. The summed E-state index contributed by atoms with van der Waals surface area (Å²) in [5.41, 5.74) is 0.234. The van der Waals surface area contributed by atoms with Crippen molar-refractivity contribution in [1.29, 1.82) is 0 Å². The number of unbranched alkanes of at least 4 members (excludes halogenated alkanes) is 2. The molecular weight excluding hydrogens is 306 g/mol. The van der Waals surface area contributed by atoms with E-state index in [1.165, 1.54) is 18.2 Å². The maximum Gasteiger partial charge on any atom is 0.130 e. The molecule has 1 aromatic rings. The zero-order valence-corrected chi connectivity index (χ0v) is 13.7. The molecule has 0 aliphatic carbocycles. The van der Waals surface area contributed by atoms with Crippen molar-refractivity contribution in [3.8, 4) is 0 Å². The summed E-state index contributed by atoms with van der Waals surface area (Å²) in [6.07, 6.45) is 5.60. The van der Waals surface area contributed by atoms with Crippen LogP contribution in [0.5, 0.6) is 0 Å². The highest BCUT2D eigenvalue weighted by Gasteiger charge is 2.26. The molecule has 124 valence electrons. The molecule has 1 N–H and O–H groups in total. The van der Waals surface area contributed by atoms with Crippen LogP contribution in [0.2, 0.25) is 0 Å². The standard InChI is InChI=1S/C17H24F2N2.ClH/c1-2-3-4-5-9-16(21-12-10-20-11-13-21)17-14(18)7-6-8-15(17)19;/h2,6-8,16,20H,1,3-5,9-13H2;1H/t16-;/m0./s1. The number of halogens is 3. The molecule has 1 fully saturated rings. The van der Waals surface area contributed by atoms with Gasteiger partial charge in [0.15, 0.2) is 0 Å². The SMILES string of the molecule is C=CCCCC[C@@H](c1c(F)cccc1F)N1CCNCC1.Cl. The van der Waals surface area contributed by atoms with Crippen molar-refractivity contribution in [1.82, 2.24) is 10.2 Å². The lowest BCUT2D eigenvalue weighted by atomic mass is 9.97. The fourth-order valence-corrected chi connectivity index (χ4v) is 2.96. The Morgan fingerprint density at radius 3 is 2.41 bits per heavy atom. The predicted molar refractivity (Wildman–Crippen MR) is 89.5 cm³/mol. The van der Waals surface area contributed by atoms with E-state index in [0.29, 0.717) is 0 Å². The van der Waals surface area contributed by atoms with Crippen LogP contribution >= 0.6 is 12.4 Å². The van der Waals surface area contributed by atoms with Crippen molar-refractivity contribution >= 4 is 12.4 Å². The minimum Gasteiger partial charge on any atom is -0.314 e. The van der Waals surface area contributed by atoms with Gasteiger partial charge in [-0.05, 0) is 31.4 Å². The molecule has 2 rings (SSSR count). The van der Waals surface area contributed by atoms with Gasteiger partial charge in [0.05, 0.1) is 0 Å². The summed E-state index contributed by atoms with van der Waals surface area (Å²) in [5, 5.41) is 3.28. The van der Waals surface area contributed by atoms with E-state index < -0.39 is 11.6 Å². The Balaban J connectivity index is 0.00000242. The van der Waals surface area contributed by atoms with Gasteiger partial charge in [0.2, 0.25) is 0 Å². The van der Waals surface area contributed by atoms with Crippen LogP contribution in [0, 0.1) is 11.6 Å². The number of nitrogens with one attached hydrogen (secondary N) is 1. The zero-order valence-electron chi connectivity index (χ0n) is 12.9. The molecule has 0 radical (unpaired) electrons. The molecule has 1 aliphatic heterocycles. The van der Waals surface area contributed by atoms with Gasteiger partial charge in [-0.25, -0.2) is 8.78 Å². The average molecular weight is 331 g/mol. The van der Waals surface area contributed by atoms with Crippen LogP contribution < -0.4 is 5.32 Å². The minimum atomic E-state index is -0.428. The summed E-state index contributed by atoms with van der Waals surface area (Å²) < 4.78 is 28.3. The lowest BCUT2D eigenvalue weighted by molar-refractivity contribution is 0.156. The molecule has 0 bridgehead atoms. The topological polar surface area (TPSA) is 15.3 Å². The van der Waals surface area contributed by atoms with E-state index in [0.717, 1.165) is 51.9 Å². The third-order valence-electron chi connectivity index (χ3n) is 4.06. The molecule has 0 amide bonds. The van der Waals surface area contributed by atoms with E-state index in [4.69, 9.17) is 0 Å². The van der Waals surface area contributed by atoms with Crippen molar-refractivity contribution in [3.63, 3.8) is 0 Å². The summed E-state index contributed by atoms with van der Waals surface area (Å²) in [7, 11) is 0. The van der Waals surface area contributed by atoms with Crippen LogP contribution in [0.1, 0.15) is 37.3 Å². The Labute approximate surface area is 138 Å². The largest absolute Gasteiger partial charge is 0.314 e. The second-order valence-corrected chi connectivity index (χ2v) is 5.51. The first-order valence-electron chi connectivity index (χ1n) is 7.73. The van der Waals surface area contributed by atoms with Crippen molar-refractivity contribution in [2.45, 2.75) is 31.7 Å². The molecule has 1 aromatic carbocycles. The van der Waals surface area contributed by atoms with Gasteiger partial charge < -0.3 is 5.32 Å². The van der Waals surface area contributed by atoms with Gasteiger partial charge in [0.25, 0.3) is 0 Å². The molecule has 1 saturated heterocycles. The number of nitrogens with zero attached hydrogens (tertiary/aromatic N) is 1. The van der Waals surface area contributed by atoms with Crippen molar-refractivity contribution < 1.29 is 8.78 Å². The molecule has 0 unspecified atom stereocenters. The first-order valence-corrected chi connectivity index (χ1v) is 7.73. The minimum absolute atomic E-state index is 0. The van der Waals surface area contributed by atoms with E-state index in [1.807, 2.05) is 6.08 Å². The maximum absolute atomic E-state index is 14.1. The van der Waals surface area contributed by atoms with Gasteiger partial charge in [-0.1, -0.05) is 18.6 Å². The van der Waals surface area contributed by atoms with Gasteiger partial charge >= 0.3 is 0 Å².